The summed E-state index contributed by atoms with van der Waals surface area (Å²) >= 11 is 0. The number of carbonyl (C=O) groups is 2. The number of pyridine rings is 2. The van der Waals surface area contributed by atoms with E-state index >= 15 is 0 Å². The van der Waals surface area contributed by atoms with Crippen molar-refractivity contribution in [1.29, 1.82) is 0 Å². The van der Waals surface area contributed by atoms with Gasteiger partial charge in [0.2, 0.25) is 5.91 Å². The zero-order valence-electron chi connectivity index (χ0n) is 18.4. The number of rotatable bonds is 6. The number of amides is 1. The Morgan fingerprint density at radius 3 is 2.38 bits per heavy atom. The second-order valence-electron chi connectivity index (χ2n) is 8.27. The number of alkyl halides is 2. The maximum atomic E-state index is 14.6. The van der Waals surface area contributed by atoms with E-state index in [9.17, 15) is 22.8 Å². The van der Waals surface area contributed by atoms with Gasteiger partial charge in [-0.3, -0.25) is 19.5 Å². The van der Waals surface area contributed by atoms with Gasteiger partial charge in [0.05, 0.1) is 12.0 Å². The molecule has 9 heteroatoms. The number of aromatic nitrogens is 2. The quantitative estimate of drug-likeness (QED) is 0.546. The van der Waals surface area contributed by atoms with Crippen molar-refractivity contribution in [3.05, 3.63) is 89.6 Å². The zero-order chi connectivity index (χ0) is 24.3. The molecule has 1 N–H and O–H groups in total. The Balaban J connectivity index is 1.40. The fourth-order valence-electron chi connectivity index (χ4n) is 3.99. The molecule has 176 valence electrons. The van der Waals surface area contributed by atoms with Crippen LogP contribution >= 0.6 is 0 Å². The van der Waals surface area contributed by atoms with E-state index in [4.69, 9.17) is 0 Å². The molecule has 0 spiro atoms. The van der Waals surface area contributed by atoms with Crippen LogP contribution in [0.2, 0.25) is 0 Å². The van der Waals surface area contributed by atoms with Gasteiger partial charge in [0, 0.05) is 49.2 Å². The molecule has 6 nitrogen and oxygen atoms in total. The fraction of sp³-hybridized carbons (Fsp3) is 0.280. The van der Waals surface area contributed by atoms with Gasteiger partial charge in [0.25, 0.3) is 5.92 Å². The molecule has 1 saturated heterocycles. The lowest BCUT2D eigenvalue weighted by Crippen LogP contribution is -2.52. The maximum absolute atomic E-state index is 14.6. The summed E-state index contributed by atoms with van der Waals surface area (Å²) in [5, 5.41) is 2.68. The summed E-state index contributed by atoms with van der Waals surface area (Å²) < 4.78 is 42.2. The van der Waals surface area contributed by atoms with Crippen LogP contribution in [0, 0.1) is 5.82 Å². The molecule has 2 aromatic heterocycles. The van der Waals surface area contributed by atoms with Gasteiger partial charge in [-0.05, 0) is 61.0 Å². The second kappa shape index (κ2) is 9.72. The molecule has 34 heavy (non-hydrogen) atoms. The highest BCUT2D eigenvalue weighted by molar-refractivity contribution is 6.09. The van der Waals surface area contributed by atoms with Gasteiger partial charge in [-0.2, -0.15) is 0 Å². The second-order valence-corrected chi connectivity index (χ2v) is 8.27. The number of piperidine rings is 1. The van der Waals surface area contributed by atoms with Crippen LogP contribution in [0.3, 0.4) is 0 Å². The Labute approximate surface area is 194 Å². The van der Waals surface area contributed by atoms with Crippen LogP contribution in [0.5, 0.6) is 0 Å². The molecule has 1 aliphatic heterocycles. The van der Waals surface area contributed by atoms with E-state index in [1.165, 1.54) is 55.0 Å². The van der Waals surface area contributed by atoms with Crippen LogP contribution in [0.15, 0.2) is 67.1 Å². The lowest BCUT2D eigenvalue weighted by Gasteiger charge is -2.40. The number of nitrogens with one attached hydrogen (secondary N) is 1. The first-order valence-corrected chi connectivity index (χ1v) is 10.8. The molecule has 0 radical (unpaired) electrons. The molecule has 1 fully saturated rings. The minimum atomic E-state index is -2.87. The van der Waals surface area contributed by atoms with Gasteiger partial charge >= 0.3 is 0 Å². The van der Waals surface area contributed by atoms with E-state index in [-0.39, 0.29) is 42.6 Å². The van der Waals surface area contributed by atoms with Crippen molar-refractivity contribution in [3.63, 3.8) is 0 Å². The summed E-state index contributed by atoms with van der Waals surface area (Å²) in [6, 6.07) is 10.7. The minimum absolute atomic E-state index is 0.0319. The predicted octanol–water partition coefficient (Wildman–Crippen LogP) is 4.30. The number of carbonyl (C=O) groups excluding carboxylic acids is 2. The molecule has 3 heterocycles. The summed E-state index contributed by atoms with van der Waals surface area (Å²) in [4.78, 5) is 35.0. The van der Waals surface area contributed by atoms with Gasteiger partial charge < -0.3 is 5.32 Å². The van der Waals surface area contributed by atoms with Gasteiger partial charge in [-0.25, -0.2) is 18.2 Å². The molecule has 0 aliphatic carbocycles. The minimum Gasteiger partial charge on any atom is -0.309 e. The molecule has 1 unspecified atom stereocenters. The van der Waals surface area contributed by atoms with Crippen LogP contribution in [0.4, 0.5) is 19.0 Å². The number of anilines is 1. The topological polar surface area (TPSA) is 75.2 Å². The highest BCUT2D eigenvalue weighted by Crippen LogP contribution is 2.40. The Morgan fingerprint density at radius 2 is 1.74 bits per heavy atom. The molecule has 0 bridgehead atoms. The maximum Gasteiger partial charge on any atom is 0.257 e. The number of hydrogen-bond acceptors (Lipinski definition) is 5. The van der Waals surface area contributed by atoms with Crippen molar-refractivity contribution in [1.82, 2.24) is 14.9 Å². The van der Waals surface area contributed by atoms with E-state index in [1.54, 1.807) is 24.0 Å². The first-order chi connectivity index (χ1) is 16.2. The van der Waals surface area contributed by atoms with Crippen LogP contribution < -0.4 is 5.32 Å². The van der Waals surface area contributed by atoms with E-state index in [2.05, 4.69) is 15.3 Å². The summed E-state index contributed by atoms with van der Waals surface area (Å²) in [6.07, 6.45) is 3.94. The number of benzene rings is 1. The molecular formula is C25H23F3N4O2. The third-order valence-corrected chi connectivity index (χ3v) is 6.08. The Hall–Kier alpha value is -3.59. The van der Waals surface area contributed by atoms with Gasteiger partial charge in [0.15, 0.2) is 5.78 Å². The summed E-state index contributed by atoms with van der Waals surface area (Å²) in [6.45, 7) is 1.78. The number of hydrogen-bond donors (Lipinski definition) is 1. The van der Waals surface area contributed by atoms with Crippen molar-refractivity contribution in [3.8, 4) is 0 Å². The number of ketones is 1. The molecule has 1 aromatic carbocycles. The zero-order valence-corrected chi connectivity index (χ0v) is 18.4. The van der Waals surface area contributed by atoms with Gasteiger partial charge in [-0.15, -0.1) is 0 Å². The standard InChI is InChI=1S/C25H23F3N4O2/c1-16(32-13-10-25(27,28)21(15-32)17-8-11-29-12-9-17)24(34)31-22-7-4-19(14-30-22)23(33)18-2-5-20(26)6-3-18/h2-9,11-12,14,16,21H,10,13,15H2,1H3,(H,30,31,34)/t16?,21-/m1/s1. The highest BCUT2D eigenvalue weighted by Gasteiger charge is 2.46. The van der Waals surface area contributed by atoms with Gasteiger partial charge in [-0.1, -0.05) is 0 Å². The first-order valence-electron chi connectivity index (χ1n) is 10.8. The van der Waals surface area contributed by atoms with Crippen LogP contribution in [0.25, 0.3) is 0 Å². The number of nitrogens with zero attached hydrogens (tertiary/aromatic N) is 3. The molecule has 2 atom stereocenters. The molecule has 3 aromatic rings. The smallest absolute Gasteiger partial charge is 0.257 e. The van der Waals surface area contributed by atoms with Crippen molar-refractivity contribution < 1.29 is 22.8 Å². The largest absolute Gasteiger partial charge is 0.309 e. The third kappa shape index (κ3) is 5.14. The summed E-state index contributed by atoms with van der Waals surface area (Å²) in [7, 11) is 0. The van der Waals surface area contributed by atoms with Crippen LogP contribution in [-0.2, 0) is 4.79 Å². The van der Waals surface area contributed by atoms with Crippen LogP contribution in [0.1, 0.15) is 40.7 Å². The lowest BCUT2D eigenvalue weighted by molar-refractivity contribution is -0.125. The van der Waals surface area contributed by atoms with Crippen molar-refractivity contribution in [2.75, 3.05) is 18.4 Å². The van der Waals surface area contributed by atoms with Crippen molar-refractivity contribution in [2.24, 2.45) is 0 Å². The predicted molar refractivity (Wildman–Crippen MR) is 120 cm³/mol. The normalized spacial score (nSPS) is 18.8. The lowest BCUT2D eigenvalue weighted by atomic mass is 9.87. The molecule has 0 saturated carbocycles. The van der Waals surface area contributed by atoms with E-state index in [0.717, 1.165) is 0 Å². The number of likely N-dealkylation sites (tertiary alicyclic amines) is 1. The Morgan fingerprint density at radius 1 is 1.06 bits per heavy atom. The monoisotopic (exact) mass is 468 g/mol. The Bertz CT molecular complexity index is 1160. The average Bonchev–Trinajstić information content (AvgIpc) is 2.84. The molecule has 1 amide bonds. The summed E-state index contributed by atoms with van der Waals surface area (Å²) in [5.74, 6) is -4.82. The molecular weight excluding hydrogens is 445 g/mol. The van der Waals surface area contributed by atoms with Crippen molar-refractivity contribution in [2.45, 2.75) is 31.2 Å². The fourth-order valence-corrected chi connectivity index (χ4v) is 3.99. The summed E-state index contributed by atoms with van der Waals surface area (Å²) in [5.41, 5.74) is 1.09. The van der Waals surface area contributed by atoms with Crippen molar-refractivity contribution >= 4 is 17.5 Å². The van der Waals surface area contributed by atoms with Gasteiger partial charge in [0.1, 0.15) is 11.6 Å². The van der Waals surface area contributed by atoms with Crippen LogP contribution in [-0.4, -0.2) is 51.6 Å². The highest BCUT2D eigenvalue weighted by atomic mass is 19.3. The Kier molecular flexibility index (Phi) is 6.74. The molecule has 1 aliphatic rings. The third-order valence-electron chi connectivity index (χ3n) is 6.08. The van der Waals surface area contributed by atoms with E-state index < -0.39 is 23.7 Å². The SMILES string of the molecule is CC(C(=O)Nc1ccc(C(=O)c2ccc(F)cc2)cn1)N1CCC(F)(F)[C@@H](c2ccncc2)C1. The molecule has 4 rings (SSSR count). The van der Waals surface area contributed by atoms with E-state index in [0.29, 0.717) is 11.1 Å². The first kappa shape index (κ1) is 23.6. The van der Waals surface area contributed by atoms with E-state index in [1.807, 2.05) is 0 Å². The average molecular weight is 468 g/mol. The number of halogens is 3.